The molecule has 148 valence electrons. The number of nitrogens with two attached hydrogens (primary N) is 1. The van der Waals surface area contributed by atoms with E-state index in [1.54, 1.807) is 41.1 Å². The van der Waals surface area contributed by atoms with Crippen molar-refractivity contribution in [3.63, 3.8) is 0 Å². The van der Waals surface area contributed by atoms with E-state index in [1.165, 1.54) is 20.4 Å². The van der Waals surface area contributed by atoms with Gasteiger partial charge >= 0.3 is 0 Å². The van der Waals surface area contributed by atoms with Crippen molar-refractivity contribution in [2.75, 3.05) is 12.8 Å². The maximum atomic E-state index is 10.9. The van der Waals surface area contributed by atoms with Crippen LogP contribution in [-0.2, 0) is 4.74 Å². The molecule has 1 aromatic carbocycles. The van der Waals surface area contributed by atoms with Crippen molar-refractivity contribution < 1.29 is 24.8 Å². The molecule has 9 heteroatoms. The summed E-state index contributed by atoms with van der Waals surface area (Å²) in [7, 11) is 1.53. The summed E-state index contributed by atoms with van der Waals surface area (Å²) in [5.74, 6) is 0.867. The Bertz CT molecular complexity index is 1000. The molecule has 1 saturated heterocycles. The third kappa shape index (κ3) is 2.80. The molecular formula is C19H22N4O5. The van der Waals surface area contributed by atoms with Gasteiger partial charge in [0.2, 0.25) is 0 Å². The van der Waals surface area contributed by atoms with Gasteiger partial charge in [-0.1, -0.05) is 12.1 Å². The number of benzene rings is 1. The second-order valence-corrected chi connectivity index (χ2v) is 7.06. The van der Waals surface area contributed by atoms with Crippen LogP contribution in [0.25, 0.3) is 11.0 Å². The Morgan fingerprint density at radius 3 is 2.86 bits per heavy atom. The van der Waals surface area contributed by atoms with E-state index in [0.717, 1.165) is 0 Å². The summed E-state index contributed by atoms with van der Waals surface area (Å²) in [5.41, 5.74) is 5.11. The molecule has 1 aliphatic rings. The molecule has 9 nitrogen and oxygen atoms in total. The molecule has 5 atom stereocenters. The number of aliphatic hydroxyl groups is 3. The summed E-state index contributed by atoms with van der Waals surface area (Å²) in [6.07, 6.45) is -1.59. The van der Waals surface area contributed by atoms with Crippen LogP contribution in [0.2, 0.25) is 0 Å². The standard InChI is InChI=1S/C19H22N4O5/c1-19(26)14(25)18(23-7-6-12-16(20)21-9-22-17(12)23)28-15(19)13(24)10-4-3-5-11(8-10)27-2/h3-9,13-15,18,24-26H,1-2H3,(H2,20,21,22)/t13?,14-,15+,18+,19-/m0/s1. The molecule has 0 radical (unpaired) electrons. The lowest BCUT2D eigenvalue weighted by atomic mass is 9.88. The lowest BCUT2D eigenvalue weighted by Crippen LogP contribution is -2.47. The highest BCUT2D eigenvalue weighted by molar-refractivity contribution is 5.86. The fourth-order valence-corrected chi connectivity index (χ4v) is 3.63. The van der Waals surface area contributed by atoms with E-state index in [-0.39, 0.29) is 0 Å². The van der Waals surface area contributed by atoms with Crippen LogP contribution in [-0.4, -0.2) is 54.8 Å². The van der Waals surface area contributed by atoms with Crippen molar-refractivity contribution in [2.24, 2.45) is 0 Å². The zero-order valence-electron chi connectivity index (χ0n) is 15.4. The highest BCUT2D eigenvalue weighted by Gasteiger charge is 2.55. The summed E-state index contributed by atoms with van der Waals surface area (Å²) in [6.45, 7) is 1.43. The lowest BCUT2D eigenvalue weighted by Gasteiger charge is -2.29. The number of nitrogen functional groups attached to an aromatic ring is 1. The van der Waals surface area contributed by atoms with Gasteiger partial charge in [-0.2, -0.15) is 0 Å². The number of rotatable bonds is 4. The molecule has 0 aliphatic carbocycles. The third-order valence-corrected chi connectivity index (χ3v) is 5.27. The Morgan fingerprint density at radius 2 is 2.11 bits per heavy atom. The van der Waals surface area contributed by atoms with Crippen molar-refractivity contribution in [1.82, 2.24) is 14.5 Å². The minimum Gasteiger partial charge on any atom is -0.497 e. The largest absolute Gasteiger partial charge is 0.497 e. The average molecular weight is 386 g/mol. The first-order valence-corrected chi connectivity index (χ1v) is 8.79. The molecule has 1 aliphatic heterocycles. The lowest BCUT2D eigenvalue weighted by molar-refractivity contribution is -0.115. The fraction of sp³-hybridized carbons (Fsp3) is 0.368. The Balaban J connectivity index is 1.70. The Labute approximate surface area is 161 Å². The molecule has 0 bridgehead atoms. The van der Waals surface area contributed by atoms with Crippen molar-refractivity contribution >= 4 is 16.9 Å². The molecule has 4 rings (SSSR count). The normalized spacial score (nSPS) is 28.5. The third-order valence-electron chi connectivity index (χ3n) is 5.27. The van der Waals surface area contributed by atoms with Gasteiger partial charge in [0, 0.05) is 6.20 Å². The van der Waals surface area contributed by atoms with Gasteiger partial charge in [0.25, 0.3) is 0 Å². The van der Waals surface area contributed by atoms with Crippen LogP contribution in [0.4, 0.5) is 5.82 Å². The summed E-state index contributed by atoms with van der Waals surface area (Å²) in [4.78, 5) is 8.14. The molecule has 2 aromatic heterocycles. The van der Waals surface area contributed by atoms with E-state index in [9.17, 15) is 15.3 Å². The van der Waals surface area contributed by atoms with E-state index in [4.69, 9.17) is 15.2 Å². The fourth-order valence-electron chi connectivity index (χ4n) is 3.63. The highest BCUT2D eigenvalue weighted by Crippen LogP contribution is 2.43. The van der Waals surface area contributed by atoms with Crippen LogP contribution in [0.15, 0.2) is 42.9 Å². The van der Waals surface area contributed by atoms with E-state index < -0.39 is 30.1 Å². The number of fused-ring (bicyclic) bond motifs is 1. The molecule has 0 amide bonds. The number of aromatic nitrogens is 3. The number of aliphatic hydroxyl groups excluding tert-OH is 2. The first-order chi connectivity index (χ1) is 13.3. The van der Waals surface area contributed by atoms with E-state index in [1.807, 2.05) is 0 Å². The van der Waals surface area contributed by atoms with Crippen molar-refractivity contribution in [3.8, 4) is 5.75 Å². The maximum Gasteiger partial charge on any atom is 0.164 e. The van der Waals surface area contributed by atoms with Gasteiger partial charge in [0.15, 0.2) is 6.23 Å². The number of anilines is 1. The van der Waals surface area contributed by atoms with Gasteiger partial charge < -0.3 is 35.1 Å². The molecular weight excluding hydrogens is 364 g/mol. The molecule has 0 saturated carbocycles. The minimum absolute atomic E-state index is 0.302. The second kappa shape index (κ2) is 6.71. The van der Waals surface area contributed by atoms with Crippen LogP contribution in [0, 0.1) is 0 Å². The molecule has 1 unspecified atom stereocenters. The zero-order valence-corrected chi connectivity index (χ0v) is 15.4. The van der Waals surface area contributed by atoms with Gasteiger partial charge in [0.1, 0.15) is 47.5 Å². The van der Waals surface area contributed by atoms with Gasteiger partial charge in [-0.3, -0.25) is 0 Å². The van der Waals surface area contributed by atoms with Crippen molar-refractivity contribution in [2.45, 2.75) is 37.1 Å². The number of methoxy groups -OCH3 is 1. The van der Waals surface area contributed by atoms with Crippen LogP contribution < -0.4 is 10.5 Å². The quantitative estimate of drug-likeness (QED) is 0.516. The number of hydrogen-bond donors (Lipinski definition) is 4. The van der Waals surface area contributed by atoms with Gasteiger partial charge in [-0.05, 0) is 30.7 Å². The predicted octanol–water partition coefficient (Wildman–Crippen LogP) is 0.765. The second-order valence-electron chi connectivity index (χ2n) is 7.06. The van der Waals surface area contributed by atoms with Gasteiger partial charge in [-0.25, -0.2) is 9.97 Å². The maximum absolute atomic E-state index is 10.9. The molecule has 5 N–H and O–H groups in total. The molecule has 1 fully saturated rings. The summed E-state index contributed by atoms with van der Waals surface area (Å²) < 4.78 is 12.7. The summed E-state index contributed by atoms with van der Waals surface area (Å²) in [5, 5.41) is 33.2. The molecule has 3 aromatic rings. The molecule has 28 heavy (non-hydrogen) atoms. The first-order valence-electron chi connectivity index (χ1n) is 8.79. The van der Waals surface area contributed by atoms with E-state index >= 15 is 0 Å². The topological polar surface area (TPSA) is 136 Å². The van der Waals surface area contributed by atoms with Crippen LogP contribution >= 0.6 is 0 Å². The Kier molecular flexibility index (Phi) is 4.47. The van der Waals surface area contributed by atoms with E-state index in [2.05, 4.69) is 9.97 Å². The SMILES string of the molecule is COc1cccc(C(O)[C@H]2O[C@@H](n3ccc4c(N)ncnc43)[C@H](O)[C@]2(C)O)c1. The Morgan fingerprint density at radius 1 is 1.32 bits per heavy atom. The monoisotopic (exact) mass is 386 g/mol. The predicted molar refractivity (Wildman–Crippen MR) is 100 cm³/mol. The number of ether oxygens (including phenoxy) is 2. The van der Waals surface area contributed by atoms with E-state index in [0.29, 0.717) is 28.2 Å². The number of nitrogens with zero attached hydrogens (tertiary/aromatic N) is 3. The first kappa shape index (κ1) is 18.6. The smallest absolute Gasteiger partial charge is 0.164 e. The highest BCUT2D eigenvalue weighted by atomic mass is 16.6. The summed E-state index contributed by atoms with van der Waals surface area (Å²) in [6, 6.07) is 8.54. The van der Waals surface area contributed by atoms with Crippen molar-refractivity contribution in [3.05, 3.63) is 48.4 Å². The van der Waals surface area contributed by atoms with Gasteiger partial charge in [-0.15, -0.1) is 0 Å². The number of hydrogen-bond acceptors (Lipinski definition) is 8. The molecule has 0 spiro atoms. The van der Waals surface area contributed by atoms with Gasteiger partial charge in [0.05, 0.1) is 12.5 Å². The van der Waals surface area contributed by atoms with Crippen LogP contribution in [0.1, 0.15) is 24.8 Å². The van der Waals surface area contributed by atoms with Crippen LogP contribution in [0.3, 0.4) is 0 Å². The van der Waals surface area contributed by atoms with Crippen LogP contribution in [0.5, 0.6) is 5.75 Å². The minimum atomic E-state index is -1.72. The van der Waals surface area contributed by atoms with Crippen molar-refractivity contribution in [1.29, 1.82) is 0 Å². The average Bonchev–Trinajstić information content (AvgIpc) is 3.22. The summed E-state index contributed by atoms with van der Waals surface area (Å²) >= 11 is 0. The Hall–Kier alpha value is -2.72. The molecule has 3 heterocycles. The zero-order chi connectivity index (χ0) is 20.1.